The van der Waals surface area contributed by atoms with Gasteiger partial charge in [-0.25, -0.2) is 4.98 Å². The first-order valence-electron chi connectivity index (χ1n) is 12.5. The van der Waals surface area contributed by atoms with Gasteiger partial charge in [0.15, 0.2) is 0 Å². The molecule has 0 saturated heterocycles. The van der Waals surface area contributed by atoms with Crippen molar-refractivity contribution in [3.05, 3.63) is 128 Å². The van der Waals surface area contributed by atoms with Crippen molar-refractivity contribution < 1.29 is 0 Å². The van der Waals surface area contributed by atoms with Crippen molar-refractivity contribution in [2.24, 2.45) is 0 Å². The lowest BCUT2D eigenvalue weighted by Gasteiger charge is -2.09. The summed E-state index contributed by atoms with van der Waals surface area (Å²) in [6, 6.07) is 42.9. The maximum Gasteiger partial charge on any atom is 0.138 e. The summed E-state index contributed by atoms with van der Waals surface area (Å²) in [6.45, 7) is 0. The molecule has 0 atom stereocenters. The zero-order valence-electron chi connectivity index (χ0n) is 20.0. The molecule has 0 unspecified atom stereocenters. The standard InChI is InChI=1S/C34H21N3/c1-4-10-26-22(7-1)13-17-31-33(26)28-21-25(34-27-11-5-2-8-23(27)19-20-35-34)14-16-30(28)37(31)32-18-15-24-9-3-6-12-29(24)36-32/h1-21H. The molecule has 8 rings (SSSR count). The Balaban J connectivity index is 1.49. The highest BCUT2D eigenvalue weighted by molar-refractivity contribution is 6.22. The summed E-state index contributed by atoms with van der Waals surface area (Å²) in [7, 11) is 0. The third-order valence-electron chi connectivity index (χ3n) is 7.41. The van der Waals surface area contributed by atoms with Gasteiger partial charge in [0, 0.05) is 33.3 Å². The van der Waals surface area contributed by atoms with Gasteiger partial charge in [0.25, 0.3) is 0 Å². The van der Waals surface area contributed by atoms with E-state index in [0.29, 0.717) is 0 Å². The van der Waals surface area contributed by atoms with Crippen molar-refractivity contribution >= 4 is 54.3 Å². The van der Waals surface area contributed by atoms with Crippen molar-refractivity contribution in [1.82, 2.24) is 14.5 Å². The van der Waals surface area contributed by atoms with Crippen LogP contribution in [0.2, 0.25) is 0 Å². The Hall–Kier alpha value is -5.02. The van der Waals surface area contributed by atoms with Gasteiger partial charge in [-0.3, -0.25) is 9.55 Å². The number of rotatable bonds is 2. The van der Waals surface area contributed by atoms with Crippen LogP contribution in [0.3, 0.4) is 0 Å². The van der Waals surface area contributed by atoms with E-state index in [1.54, 1.807) is 0 Å². The van der Waals surface area contributed by atoms with Gasteiger partial charge in [0.05, 0.1) is 22.2 Å². The molecule has 0 saturated carbocycles. The monoisotopic (exact) mass is 471 g/mol. The number of hydrogen-bond acceptors (Lipinski definition) is 2. The van der Waals surface area contributed by atoms with E-state index in [4.69, 9.17) is 9.97 Å². The van der Waals surface area contributed by atoms with Crippen LogP contribution in [0.5, 0.6) is 0 Å². The van der Waals surface area contributed by atoms with Gasteiger partial charge < -0.3 is 0 Å². The predicted octanol–water partition coefficient (Wildman–Crippen LogP) is 8.70. The molecule has 0 aliphatic heterocycles. The number of aromatic nitrogens is 3. The smallest absolute Gasteiger partial charge is 0.138 e. The van der Waals surface area contributed by atoms with Crippen LogP contribution in [0.4, 0.5) is 0 Å². The quantitative estimate of drug-likeness (QED) is 0.252. The van der Waals surface area contributed by atoms with E-state index in [1.165, 1.54) is 26.9 Å². The highest BCUT2D eigenvalue weighted by Gasteiger charge is 2.17. The maximum absolute atomic E-state index is 5.07. The van der Waals surface area contributed by atoms with Crippen molar-refractivity contribution in [3.63, 3.8) is 0 Å². The first-order chi connectivity index (χ1) is 18.3. The SMILES string of the molecule is c1ccc2nc(-n3c4ccc(-c5nccc6ccccc56)cc4c4c5ccccc5ccc43)ccc2c1. The number of benzene rings is 5. The first kappa shape index (κ1) is 20.2. The Kier molecular flexibility index (Phi) is 4.23. The molecule has 172 valence electrons. The van der Waals surface area contributed by atoms with Crippen LogP contribution in [-0.4, -0.2) is 14.5 Å². The Bertz CT molecular complexity index is 2150. The van der Waals surface area contributed by atoms with E-state index in [9.17, 15) is 0 Å². The maximum atomic E-state index is 5.07. The molecule has 3 heteroatoms. The molecule has 0 radical (unpaired) electrons. The average Bonchev–Trinajstić information content (AvgIpc) is 3.30. The summed E-state index contributed by atoms with van der Waals surface area (Å²) in [6.07, 6.45) is 1.90. The third kappa shape index (κ3) is 3.01. The van der Waals surface area contributed by atoms with Crippen molar-refractivity contribution in [2.75, 3.05) is 0 Å². The van der Waals surface area contributed by atoms with Crippen LogP contribution >= 0.6 is 0 Å². The molecule has 0 amide bonds. The van der Waals surface area contributed by atoms with Gasteiger partial charge in [-0.15, -0.1) is 0 Å². The highest BCUT2D eigenvalue weighted by atomic mass is 15.1. The largest absolute Gasteiger partial charge is 0.294 e. The van der Waals surface area contributed by atoms with E-state index in [2.05, 4.69) is 120 Å². The summed E-state index contributed by atoms with van der Waals surface area (Å²) in [4.78, 5) is 9.88. The van der Waals surface area contributed by atoms with E-state index in [-0.39, 0.29) is 0 Å². The van der Waals surface area contributed by atoms with Crippen LogP contribution < -0.4 is 0 Å². The highest BCUT2D eigenvalue weighted by Crippen LogP contribution is 2.39. The van der Waals surface area contributed by atoms with Gasteiger partial charge in [-0.1, -0.05) is 78.9 Å². The van der Waals surface area contributed by atoms with E-state index >= 15 is 0 Å². The average molecular weight is 472 g/mol. The molecule has 0 fully saturated rings. The minimum atomic E-state index is 0.921. The zero-order valence-corrected chi connectivity index (χ0v) is 20.0. The molecule has 3 aromatic heterocycles. The fourth-order valence-corrected chi connectivity index (χ4v) is 5.71. The molecule has 8 aromatic rings. The molecule has 0 aliphatic rings. The van der Waals surface area contributed by atoms with Crippen molar-refractivity contribution in [2.45, 2.75) is 0 Å². The van der Waals surface area contributed by atoms with Gasteiger partial charge in [-0.2, -0.15) is 0 Å². The zero-order chi connectivity index (χ0) is 24.3. The molecule has 0 bridgehead atoms. The van der Waals surface area contributed by atoms with E-state index in [0.717, 1.165) is 44.4 Å². The van der Waals surface area contributed by atoms with Gasteiger partial charge in [0.2, 0.25) is 0 Å². The Morgan fingerprint density at radius 3 is 2.11 bits per heavy atom. The molecule has 0 spiro atoms. The Morgan fingerprint density at radius 1 is 0.514 bits per heavy atom. The van der Waals surface area contributed by atoms with E-state index in [1.807, 2.05) is 12.3 Å². The van der Waals surface area contributed by atoms with Crippen molar-refractivity contribution in [3.8, 4) is 17.1 Å². The number of nitrogens with zero attached hydrogens (tertiary/aromatic N) is 3. The molecule has 0 aliphatic carbocycles. The molecular formula is C34H21N3. The molecule has 37 heavy (non-hydrogen) atoms. The number of para-hydroxylation sites is 1. The van der Waals surface area contributed by atoms with Crippen LogP contribution in [-0.2, 0) is 0 Å². The topological polar surface area (TPSA) is 30.7 Å². The fourth-order valence-electron chi connectivity index (χ4n) is 5.71. The third-order valence-corrected chi connectivity index (χ3v) is 7.41. The second kappa shape index (κ2) is 7.74. The summed E-state index contributed by atoms with van der Waals surface area (Å²) in [5.41, 5.74) is 5.40. The van der Waals surface area contributed by atoms with Crippen molar-refractivity contribution in [1.29, 1.82) is 0 Å². The van der Waals surface area contributed by atoms with Crippen LogP contribution in [0.15, 0.2) is 128 Å². The summed E-state index contributed by atoms with van der Waals surface area (Å²) < 4.78 is 2.30. The fraction of sp³-hybridized carbons (Fsp3) is 0. The van der Waals surface area contributed by atoms with Gasteiger partial charge in [-0.05, 0) is 58.6 Å². The Labute approximate surface area is 213 Å². The second-order valence-corrected chi connectivity index (χ2v) is 9.49. The molecule has 3 heterocycles. The van der Waals surface area contributed by atoms with Gasteiger partial charge >= 0.3 is 0 Å². The minimum Gasteiger partial charge on any atom is -0.294 e. The summed E-state index contributed by atoms with van der Waals surface area (Å²) >= 11 is 0. The first-order valence-corrected chi connectivity index (χ1v) is 12.5. The summed E-state index contributed by atoms with van der Waals surface area (Å²) in [5, 5.41) is 8.41. The molecule has 0 N–H and O–H groups in total. The normalized spacial score (nSPS) is 11.8. The van der Waals surface area contributed by atoms with Crippen LogP contribution in [0.1, 0.15) is 0 Å². The van der Waals surface area contributed by atoms with Crippen LogP contribution in [0, 0.1) is 0 Å². The molecule has 3 nitrogen and oxygen atoms in total. The lowest BCUT2D eigenvalue weighted by molar-refractivity contribution is 1.10. The van der Waals surface area contributed by atoms with E-state index < -0.39 is 0 Å². The minimum absolute atomic E-state index is 0.921. The second-order valence-electron chi connectivity index (χ2n) is 9.49. The van der Waals surface area contributed by atoms with Gasteiger partial charge in [0.1, 0.15) is 5.82 Å². The number of pyridine rings is 2. The predicted molar refractivity (Wildman–Crippen MR) is 154 cm³/mol. The lowest BCUT2D eigenvalue weighted by Crippen LogP contribution is -1.97. The molecular weight excluding hydrogens is 450 g/mol. The Morgan fingerprint density at radius 2 is 1.22 bits per heavy atom. The summed E-state index contributed by atoms with van der Waals surface area (Å²) in [5.74, 6) is 0.921. The number of fused-ring (bicyclic) bond motifs is 7. The van der Waals surface area contributed by atoms with Crippen LogP contribution in [0.25, 0.3) is 71.3 Å². The lowest BCUT2D eigenvalue weighted by atomic mass is 10.00. The molecule has 5 aromatic carbocycles. The number of hydrogen-bond donors (Lipinski definition) is 0.